The molecule has 0 aliphatic rings. The molecular formula is C9H6F5NOS. The van der Waals surface area contributed by atoms with Gasteiger partial charge in [0.05, 0.1) is 0 Å². The van der Waals surface area contributed by atoms with Gasteiger partial charge in [-0.2, -0.15) is 22.0 Å². The molecule has 0 aliphatic heterocycles. The molecule has 1 amide bonds. The van der Waals surface area contributed by atoms with Crippen LogP contribution in [0, 0.1) is 0 Å². The fourth-order valence-corrected chi connectivity index (χ4v) is 1.42. The number of nitrogens with one attached hydrogen (secondary N) is 1. The Morgan fingerprint density at radius 2 is 1.71 bits per heavy atom. The van der Waals surface area contributed by atoms with Gasteiger partial charge in [0, 0.05) is 10.6 Å². The van der Waals surface area contributed by atoms with Crippen LogP contribution in [0.2, 0.25) is 0 Å². The molecule has 0 radical (unpaired) electrons. The zero-order valence-electron chi connectivity index (χ0n) is 8.09. The lowest BCUT2D eigenvalue weighted by Gasteiger charge is -2.08. The number of hydrogen-bond acceptors (Lipinski definition) is 2. The maximum Gasteiger partial charge on any atom is 0.471 e. The van der Waals surface area contributed by atoms with Crippen molar-refractivity contribution in [1.29, 1.82) is 0 Å². The number of amides is 1. The van der Waals surface area contributed by atoms with E-state index in [1.54, 1.807) is 5.32 Å². The molecule has 2 nitrogen and oxygen atoms in total. The highest BCUT2D eigenvalue weighted by Crippen LogP contribution is 2.26. The summed E-state index contributed by atoms with van der Waals surface area (Å²) in [6.45, 7) is 0. The first kappa shape index (κ1) is 13.8. The van der Waals surface area contributed by atoms with Crippen LogP contribution in [0.3, 0.4) is 0 Å². The van der Waals surface area contributed by atoms with Gasteiger partial charge >= 0.3 is 12.1 Å². The Hall–Kier alpha value is -1.31. The van der Waals surface area contributed by atoms with Gasteiger partial charge in [-0.05, 0) is 24.3 Å². The number of anilines is 1. The van der Waals surface area contributed by atoms with Gasteiger partial charge in [-0.3, -0.25) is 4.79 Å². The molecule has 0 aliphatic carbocycles. The number of alkyl halides is 5. The van der Waals surface area contributed by atoms with E-state index < -0.39 is 17.8 Å². The Kier molecular flexibility index (Phi) is 4.33. The monoisotopic (exact) mass is 271 g/mol. The summed E-state index contributed by atoms with van der Waals surface area (Å²) in [4.78, 5) is 10.7. The molecule has 0 heterocycles. The van der Waals surface area contributed by atoms with Crippen molar-refractivity contribution in [3.05, 3.63) is 24.3 Å². The summed E-state index contributed by atoms with van der Waals surface area (Å²) < 4.78 is 59.5. The minimum absolute atomic E-state index is 0.106. The normalized spacial score (nSPS) is 11.6. The molecule has 0 saturated carbocycles. The number of carbonyl (C=O) groups is 1. The first-order chi connectivity index (χ1) is 7.79. The topological polar surface area (TPSA) is 29.1 Å². The minimum atomic E-state index is -4.98. The second kappa shape index (κ2) is 5.35. The molecular weight excluding hydrogens is 265 g/mol. The number of rotatable bonds is 3. The smallest absolute Gasteiger partial charge is 0.318 e. The van der Waals surface area contributed by atoms with Crippen LogP contribution in [0.25, 0.3) is 0 Å². The van der Waals surface area contributed by atoms with Crippen molar-refractivity contribution in [2.45, 2.75) is 16.8 Å². The Bertz CT molecular complexity index is 389. The highest BCUT2D eigenvalue weighted by Gasteiger charge is 2.38. The standard InChI is InChI=1S/C9H6F5NOS/c10-8(11)17-6-3-1-5(2-4-6)15-7(16)9(12,13)14/h1-4,8H,(H,15,16). The number of halogens is 5. The Balaban J connectivity index is 2.66. The molecule has 0 fully saturated rings. The van der Waals surface area contributed by atoms with Gasteiger partial charge < -0.3 is 5.32 Å². The predicted molar refractivity (Wildman–Crippen MR) is 53.0 cm³/mol. The lowest BCUT2D eigenvalue weighted by Crippen LogP contribution is -2.29. The summed E-state index contributed by atoms with van der Waals surface area (Å²) in [5, 5.41) is 1.60. The second-order valence-electron chi connectivity index (χ2n) is 2.85. The van der Waals surface area contributed by atoms with Gasteiger partial charge in [0.2, 0.25) is 0 Å². The summed E-state index contributed by atoms with van der Waals surface area (Å²) in [6.07, 6.45) is -4.98. The van der Waals surface area contributed by atoms with Crippen molar-refractivity contribution in [2.75, 3.05) is 5.32 Å². The van der Waals surface area contributed by atoms with E-state index in [9.17, 15) is 26.7 Å². The summed E-state index contributed by atoms with van der Waals surface area (Å²) in [6, 6.07) is 4.63. The zero-order chi connectivity index (χ0) is 13.1. The molecule has 1 N–H and O–H groups in total. The van der Waals surface area contributed by atoms with E-state index in [0.717, 1.165) is 12.1 Å². The van der Waals surface area contributed by atoms with E-state index in [0.29, 0.717) is 0 Å². The minimum Gasteiger partial charge on any atom is -0.318 e. The summed E-state index contributed by atoms with van der Waals surface area (Å²) in [5.74, 6) is -4.71. The largest absolute Gasteiger partial charge is 0.471 e. The molecule has 1 aromatic carbocycles. The maximum atomic E-state index is 11.9. The molecule has 94 valence electrons. The Morgan fingerprint density at radius 3 is 2.12 bits per heavy atom. The molecule has 1 rings (SSSR count). The third-order valence-corrected chi connectivity index (χ3v) is 2.32. The first-order valence-electron chi connectivity index (χ1n) is 4.22. The van der Waals surface area contributed by atoms with Crippen molar-refractivity contribution in [1.82, 2.24) is 0 Å². The van der Waals surface area contributed by atoms with E-state index in [1.807, 2.05) is 0 Å². The second-order valence-corrected chi connectivity index (χ2v) is 3.92. The van der Waals surface area contributed by atoms with E-state index in [-0.39, 0.29) is 22.3 Å². The van der Waals surface area contributed by atoms with Gasteiger partial charge in [-0.1, -0.05) is 11.8 Å². The average Bonchev–Trinajstić information content (AvgIpc) is 2.18. The SMILES string of the molecule is O=C(Nc1ccc(SC(F)F)cc1)C(F)(F)F. The Morgan fingerprint density at radius 1 is 1.18 bits per heavy atom. The van der Waals surface area contributed by atoms with Crippen LogP contribution in [0.15, 0.2) is 29.2 Å². The number of thioether (sulfide) groups is 1. The van der Waals surface area contributed by atoms with Gasteiger partial charge in [0.15, 0.2) is 0 Å². The summed E-state index contributed by atoms with van der Waals surface area (Å²) in [5.41, 5.74) is -0.106. The van der Waals surface area contributed by atoms with Crippen molar-refractivity contribution in [3.63, 3.8) is 0 Å². The van der Waals surface area contributed by atoms with E-state index in [1.165, 1.54) is 12.1 Å². The van der Waals surface area contributed by atoms with E-state index in [4.69, 9.17) is 0 Å². The molecule has 0 saturated heterocycles. The molecule has 17 heavy (non-hydrogen) atoms. The third kappa shape index (κ3) is 4.59. The van der Waals surface area contributed by atoms with Crippen LogP contribution in [0.4, 0.5) is 27.6 Å². The summed E-state index contributed by atoms with van der Waals surface area (Å²) >= 11 is 0.263. The van der Waals surface area contributed by atoms with Gasteiger partial charge in [0.25, 0.3) is 5.76 Å². The van der Waals surface area contributed by atoms with E-state index >= 15 is 0 Å². The number of hydrogen-bond donors (Lipinski definition) is 1. The molecule has 0 bridgehead atoms. The predicted octanol–water partition coefficient (Wildman–Crippen LogP) is 3.50. The van der Waals surface area contributed by atoms with Gasteiger partial charge in [0.1, 0.15) is 0 Å². The molecule has 8 heteroatoms. The van der Waals surface area contributed by atoms with Crippen LogP contribution in [0.1, 0.15) is 0 Å². The van der Waals surface area contributed by atoms with Crippen LogP contribution >= 0.6 is 11.8 Å². The van der Waals surface area contributed by atoms with E-state index in [2.05, 4.69) is 0 Å². The van der Waals surface area contributed by atoms with Crippen molar-refractivity contribution in [2.24, 2.45) is 0 Å². The van der Waals surface area contributed by atoms with Crippen LogP contribution < -0.4 is 5.32 Å². The van der Waals surface area contributed by atoms with Gasteiger partial charge in [-0.25, -0.2) is 0 Å². The quantitative estimate of drug-likeness (QED) is 0.673. The highest BCUT2D eigenvalue weighted by atomic mass is 32.2. The number of carbonyl (C=O) groups excluding carboxylic acids is 1. The lowest BCUT2D eigenvalue weighted by molar-refractivity contribution is -0.167. The van der Waals surface area contributed by atoms with Crippen molar-refractivity contribution >= 4 is 23.4 Å². The Labute approximate surface area is 97.2 Å². The molecule has 0 unspecified atom stereocenters. The van der Waals surface area contributed by atoms with Gasteiger partial charge in [-0.15, -0.1) is 0 Å². The van der Waals surface area contributed by atoms with Crippen LogP contribution in [0.5, 0.6) is 0 Å². The molecule has 0 atom stereocenters. The lowest BCUT2D eigenvalue weighted by atomic mass is 10.3. The maximum absolute atomic E-state index is 11.9. The van der Waals surface area contributed by atoms with Crippen LogP contribution in [-0.2, 0) is 4.79 Å². The van der Waals surface area contributed by atoms with Crippen molar-refractivity contribution < 1.29 is 26.7 Å². The fraction of sp³-hybridized carbons (Fsp3) is 0.222. The van der Waals surface area contributed by atoms with Crippen molar-refractivity contribution in [3.8, 4) is 0 Å². The highest BCUT2D eigenvalue weighted by molar-refractivity contribution is 7.99. The van der Waals surface area contributed by atoms with Crippen LogP contribution in [-0.4, -0.2) is 17.8 Å². The number of benzene rings is 1. The summed E-state index contributed by atoms with van der Waals surface area (Å²) in [7, 11) is 0. The molecule has 0 spiro atoms. The zero-order valence-corrected chi connectivity index (χ0v) is 8.91. The fourth-order valence-electron chi connectivity index (χ4n) is 0.922. The molecule has 1 aromatic rings. The first-order valence-corrected chi connectivity index (χ1v) is 5.10. The third-order valence-electron chi connectivity index (χ3n) is 1.59. The molecule has 0 aromatic heterocycles. The average molecular weight is 271 g/mol.